The molecule has 1 aromatic heterocycles. The molecule has 0 spiro atoms. The van der Waals surface area contributed by atoms with E-state index in [1.165, 1.54) is 6.07 Å². The van der Waals surface area contributed by atoms with Gasteiger partial charge in [-0.05, 0) is 54.1 Å². The zero-order valence-corrected chi connectivity index (χ0v) is 15.5. The molecule has 0 aliphatic carbocycles. The van der Waals surface area contributed by atoms with E-state index in [4.69, 9.17) is 26.1 Å². The summed E-state index contributed by atoms with van der Waals surface area (Å²) in [5.74, 6) is 1.12. The minimum atomic E-state index is -0.289. The number of benzene rings is 3. The lowest BCUT2D eigenvalue weighted by Gasteiger charge is -2.19. The molecule has 0 atom stereocenters. The third-order valence-corrected chi connectivity index (χ3v) is 5.01. The molecule has 0 amide bonds. The van der Waals surface area contributed by atoms with Crippen LogP contribution in [0.25, 0.3) is 33.3 Å². The SMILES string of the molecule is Fc1ccccc1-c1cc(-c2ccc3c(c2)OCCO3)nc2ccc(Cl)cc12. The van der Waals surface area contributed by atoms with Gasteiger partial charge in [0.05, 0.1) is 11.2 Å². The fourth-order valence-corrected chi connectivity index (χ4v) is 3.62. The molecule has 0 N–H and O–H groups in total. The fraction of sp³-hybridized carbons (Fsp3) is 0.0870. The van der Waals surface area contributed by atoms with Crippen molar-refractivity contribution in [3.63, 3.8) is 0 Å². The van der Waals surface area contributed by atoms with Crippen molar-refractivity contribution in [2.75, 3.05) is 13.2 Å². The summed E-state index contributed by atoms with van der Waals surface area (Å²) in [6.45, 7) is 1.05. The molecule has 28 heavy (non-hydrogen) atoms. The summed E-state index contributed by atoms with van der Waals surface area (Å²) in [5.41, 5.74) is 3.60. The highest BCUT2D eigenvalue weighted by molar-refractivity contribution is 6.31. The van der Waals surface area contributed by atoms with Gasteiger partial charge in [-0.2, -0.15) is 0 Å². The molecule has 0 saturated carbocycles. The number of hydrogen-bond acceptors (Lipinski definition) is 3. The van der Waals surface area contributed by atoms with Crippen LogP contribution in [-0.4, -0.2) is 18.2 Å². The molecular weight excluding hydrogens is 377 g/mol. The number of ether oxygens (including phenoxy) is 2. The number of rotatable bonds is 2. The van der Waals surface area contributed by atoms with E-state index in [0.717, 1.165) is 33.5 Å². The van der Waals surface area contributed by atoms with Crippen molar-refractivity contribution in [3.8, 4) is 33.9 Å². The predicted molar refractivity (Wildman–Crippen MR) is 109 cm³/mol. The molecule has 5 rings (SSSR count). The number of nitrogens with zero attached hydrogens (tertiary/aromatic N) is 1. The van der Waals surface area contributed by atoms with Gasteiger partial charge in [0.15, 0.2) is 11.5 Å². The van der Waals surface area contributed by atoms with Crippen molar-refractivity contribution in [2.45, 2.75) is 0 Å². The van der Waals surface area contributed by atoms with Crippen molar-refractivity contribution < 1.29 is 13.9 Å². The summed E-state index contributed by atoms with van der Waals surface area (Å²) in [4.78, 5) is 4.77. The average molecular weight is 392 g/mol. The molecule has 0 fully saturated rings. The molecule has 3 aromatic carbocycles. The van der Waals surface area contributed by atoms with Crippen molar-refractivity contribution in [2.24, 2.45) is 0 Å². The maximum absolute atomic E-state index is 14.6. The van der Waals surface area contributed by atoms with Crippen LogP contribution in [0.4, 0.5) is 4.39 Å². The molecule has 0 radical (unpaired) electrons. The standard InChI is InChI=1S/C23H15ClFNO2/c24-15-6-7-20-18(12-15)17(16-3-1-2-4-19(16)25)13-21(26-20)14-5-8-22-23(11-14)28-10-9-27-22/h1-8,11-13H,9-10H2. The third kappa shape index (κ3) is 2.96. The van der Waals surface area contributed by atoms with Gasteiger partial charge in [0.25, 0.3) is 0 Å². The van der Waals surface area contributed by atoms with E-state index >= 15 is 0 Å². The molecule has 3 nitrogen and oxygen atoms in total. The lowest BCUT2D eigenvalue weighted by Crippen LogP contribution is -2.15. The first-order valence-corrected chi connectivity index (χ1v) is 9.32. The number of aromatic nitrogens is 1. The topological polar surface area (TPSA) is 31.4 Å². The number of halogens is 2. The van der Waals surface area contributed by atoms with Gasteiger partial charge in [-0.25, -0.2) is 9.37 Å². The zero-order chi connectivity index (χ0) is 19.1. The monoisotopic (exact) mass is 391 g/mol. The molecule has 0 saturated heterocycles. The minimum absolute atomic E-state index is 0.289. The van der Waals surface area contributed by atoms with Crippen molar-refractivity contribution >= 4 is 22.5 Å². The maximum Gasteiger partial charge on any atom is 0.162 e. The van der Waals surface area contributed by atoms with Crippen molar-refractivity contribution in [3.05, 3.63) is 77.6 Å². The molecular formula is C23H15ClFNO2. The van der Waals surface area contributed by atoms with Crippen LogP contribution in [0.2, 0.25) is 5.02 Å². The first kappa shape index (κ1) is 17.0. The summed E-state index contributed by atoms with van der Waals surface area (Å²) >= 11 is 6.20. The summed E-state index contributed by atoms with van der Waals surface area (Å²) < 4.78 is 25.9. The van der Waals surface area contributed by atoms with E-state index in [1.807, 2.05) is 42.5 Å². The second kappa shape index (κ2) is 6.80. The van der Waals surface area contributed by atoms with E-state index < -0.39 is 0 Å². The van der Waals surface area contributed by atoms with Gasteiger partial charge < -0.3 is 9.47 Å². The first-order valence-electron chi connectivity index (χ1n) is 8.94. The summed E-state index contributed by atoms with van der Waals surface area (Å²) in [5, 5.41) is 1.39. The second-order valence-corrected chi connectivity index (χ2v) is 6.99. The largest absolute Gasteiger partial charge is 0.486 e. The van der Waals surface area contributed by atoms with Crippen LogP contribution in [0.15, 0.2) is 66.7 Å². The number of hydrogen-bond donors (Lipinski definition) is 0. The van der Waals surface area contributed by atoms with Gasteiger partial charge in [-0.1, -0.05) is 29.8 Å². The maximum atomic E-state index is 14.6. The summed E-state index contributed by atoms with van der Waals surface area (Å²) in [6, 6.07) is 19.8. The Morgan fingerprint density at radius 1 is 0.821 bits per heavy atom. The van der Waals surface area contributed by atoms with Gasteiger partial charge in [0.2, 0.25) is 0 Å². The Balaban J connectivity index is 1.75. The Kier molecular flexibility index (Phi) is 4.14. The van der Waals surface area contributed by atoms with Crippen LogP contribution in [0, 0.1) is 5.82 Å². The highest BCUT2D eigenvalue weighted by Gasteiger charge is 2.16. The average Bonchev–Trinajstić information content (AvgIpc) is 2.73. The van der Waals surface area contributed by atoms with Gasteiger partial charge >= 0.3 is 0 Å². The Morgan fingerprint density at radius 2 is 1.64 bits per heavy atom. The highest BCUT2D eigenvalue weighted by Crippen LogP contribution is 2.38. The van der Waals surface area contributed by atoms with E-state index in [-0.39, 0.29) is 5.82 Å². The second-order valence-electron chi connectivity index (χ2n) is 6.55. The van der Waals surface area contributed by atoms with Gasteiger partial charge in [0, 0.05) is 21.5 Å². The van der Waals surface area contributed by atoms with E-state index in [2.05, 4.69) is 0 Å². The Hall–Kier alpha value is -3.11. The van der Waals surface area contributed by atoms with Crippen molar-refractivity contribution in [1.29, 1.82) is 0 Å². The lowest BCUT2D eigenvalue weighted by molar-refractivity contribution is 0.171. The van der Waals surface area contributed by atoms with Crippen molar-refractivity contribution in [1.82, 2.24) is 4.98 Å². The normalized spacial score (nSPS) is 12.9. The Morgan fingerprint density at radius 3 is 2.50 bits per heavy atom. The first-order chi connectivity index (χ1) is 13.7. The predicted octanol–water partition coefficient (Wildman–Crippen LogP) is 6.13. The van der Waals surface area contributed by atoms with Crippen LogP contribution in [-0.2, 0) is 0 Å². The smallest absolute Gasteiger partial charge is 0.162 e. The van der Waals surface area contributed by atoms with Crippen LogP contribution in [0.1, 0.15) is 0 Å². The molecule has 0 bridgehead atoms. The zero-order valence-electron chi connectivity index (χ0n) is 14.8. The summed E-state index contributed by atoms with van der Waals surface area (Å²) in [7, 11) is 0. The van der Waals surface area contributed by atoms with Crippen LogP contribution in [0.3, 0.4) is 0 Å². The molecule has 1 aliphatic rings. The molecule has 0 unspecified atom stereocenters. The van der Waals surface area contributed by atoms with E-state index in [1.54, 1.807) is 18.2 Å². The Bertz CT molecular complexity index is 1210. The van der Waals surface area contributed by atoms with Crippen LogP contribution >= 0.6 is 11.6 Å². The number of pyridine rings is 1. The quantitative estimate of drug-likeness (QED) is 0.411. The minimum Gasteiger partial charge on any atom is -0.486 e. The lowest BCUT2D eigenvalue weighted by atomic mass is 9.97. The fourth-order valence-electron chi connectivity index (χ4n) is 3.45. The van der Waals surface area contributed by atoms with E-state index in [0.29, 0.717) is 29.5 Å². The van der Waals surface area contributed by atoms with E-state index in [9.17, 15) is 4.39 Å². The molecule has 2 heterocycles. The van der Waals surface area contributed by atoms with Gasteiger partial charge in [0.1, 0.15) is 19.0 Å². The van der Waals surface area contributed by atoms with Crippen LogP contribution < -0.4 is 9.47 Å². The van der Waals surface area contributed by atoms with Gasteiger partial charge in [-0.15, -0.1) is 0 Å². The molecule has 1 aliphatic heterocycles. The van der Waals surface area contributed by atoms with Gasteiger partial charge in [-0.3, -0.25) is 0 Å². The molecule has 5 heteroatoms. The molecule has 138 valence electrons. The third-order valence-electron chi connectivity index (χ3n) is 4.77. The molecule has 4 aromatic rings. The summed E-state index contributed by atoms with van der Waals surface area (Å²) in [6.07, 6.45) is 0. The number of fused-ring (bicyclic) bond motifs is 2. The Labute approximate surface area is 166 Å². The highest BCUT2D eigenvalue weighted by atomic mass is 35.5. The van der Waals surface area contributed by atoms with Crippen LogP contribution in [0.5, 0.6) is 11.5 Å².